The van der Waals surface area contributed by atoms with Crippen LogP contribution in [0, 0.1) is 5.82 Å². The molecule has 0 fully saturated rings. The van der Waals surface area contributed by atoms with Crippen molar-refractivity contribution in [1.29, 1.82) is 0 Å². The van der Waals surface area contributed by atoms with Gasteiger partial charge in [-0.1, -0.05) is 30.4 Å². The van der Waals surface area contributed by atoms with Gasteiger partial charge in [-0.25, -0.2) is 4.39 Å². The summed E-state index contributed by atoms with van der Waals surface area (Å²) < 4.78 is 13.9. The Kier molecular flexibility index (Phi) is 2.79. The Bertz CT molecular complexity index is 431. The molecule has 0 saturated carbocycles. The number of hydrogen-bond acceptors (Lipinski definition) is 2. The Morgan fingerprint density at radius 3 is 2.69 bits per heavy atom. The summed E-state index contributed by atoms with van der Waals surface area (Å²) in [4.78, 5) is 0. The van der Waals surface area contributed by atoms with E-state index in [0.29, 0.717) is 24.2 Å². The lowest BCUT2D eigenvalue weighted by Gasteiger charge is -2.31. The molecule has 1 atom stereocenters. The van der Waals surface area contributed by atoms with E-state index in [1.807, 2.05) is 24.3 Å². The van der Waals surface area contributed by atoms with E-state index in [9.17, 15) is 4.39 Å². The highest BCUT2D eigenvalue weighted by Gasteiger charge is 2.32. The molecule has 1 aromatic rings. The van der Waals surface area contributed by atoms with Crippen molar-refractivity contribution in [2.75, 3.05) is 12.3 Å². The van der Waals surface area contributed by atoms with E-state index in [4.69, 9.17) is 11.5 Å². The monoisotopic (exact) mass is 218 g/mol. The summed E-state index contributed by atoms with van der Waals surface area (Å²) in [5.74, 6) is -0.287. The van der Waals surface area contributed by atoms with Crippen LogP contribution in [-0.2, 0) is 5.41 Å². The van der Waals surface area contributed by atoms with Gasteiger partial charge in [-0.2, -0.15) is 0 Å². The molecule has 2 rings (SSSR count). The van der Waals surface area contributed by atoms with Crippen molar-refractivity contribution in [3.8, 4) is 0 Å². The van der Waals surface area contributed by atoms with Crippen LogP contribution in [0.15, 0.2) is 42.5 Å². The molecule has 84 valence electrons. The highest BCUT2D eigenvalue weighted by Crippen LogP contribution is 2.36. The fourth-order valence-corrected chi connectivity index (χ4v) is 2.17. The van der Waals surface area contributed by atoms with Crippen LogP contribution in [0.2, 0.25) is 0 Å². The maximum atomic E-state index is 13.9. The van der Waals surface area contributed by atoms with Crippen LogP contribution in [0.1, 0.15) is 12.0 Å². The van der Waals surface area contributed by atoms with Gasteiger partial charge in [-0.15, -0.1) is 0 Å². The number of allylic oxidation sites excluding steroid dienone is 3. The Morgan fingerprint density at radius 1 is 1.31 bits per heavy atom. The summed E-state index contributed by atoms with van der Waals surface area (Å²) in [6.07, 6.45) is 8.43. The van der Waals surface area contributed by atoms with Crippen LogP contribution in [0.3, 0.4) is 0 Å². The van der Waals surface area contributed by atoms with Crippen molar-refractivity contribution in [1.82, 2.24) is 0 Å². The SMILES string of the molecule is NCC1(c2c(N)cccc2F)C=CC=CC1. The topological polar surface area (TPSA) is 52.0 Å². The largest absolute Gasteiger partial charge is 0.398 e. The van der Waals surface area contributed by atoms with Gasteiger partial charge in [0.25, 0.3) is 0 Å². The molecule has 0 aliphatic heterocycles. The third-order valence-corrected chi connectivity index (χ3v) is 3.05. The second kappa shape index (κ2) is 4.10. The van der Waals surface area contributed by atoms with Gasteiger partial charge in [0.05, 0.1) is 0 Å². The third kappa shape index (κ3) is 1.63. The molecule has 0 heterocycles. The van der Waals surface area contributed by atoms with Crippen LogP contribution in [0.4, 0.5) is 10.1 Å². The van der Waals surface area contributed by atoms with Crippen molar-refractivity contribution in [2.24, 2.45) is 5.73 Å². The van der Waals surface area contributed by atoms with Crippen molar-refractivity contribution in [3.63, 3.8) is 0 Å². The fraction of sp³-hybridized carbons (Fsp3) is 0.231. The summed E-state index contributed by atoms with van der Waals surface area (Å²) in [7, 11) is 0. The average molecular weight is 218 g/mol. The summed E-state index contributed by atoms with van der Waals surface area (Å²) in [6.45, 7) is 0.346. The number of hydrogen-bond donors (Lipinski definition) is 2. The van der Waals surface area contributed by atoms with E-state index >= 15 is 0 Å². The summed E-state index contributed by atoms with van der Waals surface area (Å²) in [6, 6.07) is 4.75. The first-order chi connectivity index (χ1) is 7.69. The summed E-state index contributed by atoms with van der Waals surface area (Å²) >= 11 is 0. The smallest absolute Gasteiger partial charge is 0.129 e. The molecule has 0 radical (unpaired) electrons. The molecule has 3 heteroatoms. The van der Waals surface area contributed by atoms with Gasteiger partial charge in [0.1, 0.15) is 5.82 Å². The molecule has 1 aliphatic rings. The van der Waals surface area contributed by atoms with Crippen molar-refractivity contribution in [3.05, 3.63) is 53.9 Å². The average Bonchev–Trinajstić information content (AvgIpc) is 2.30. The maximum absolute atomic E-state index is 13.9. The van der Waals surface area contributed by atoms with Crippen LogP contribution in [-0.4, -0.2) is 6.54 Å². The van der Waals surface area contributed by atoms with Crippen LogP contribution in [0.5, 0.6) is 0 Å². The van der Waals surface area contributed by atoms with Gasteiger partial charge in [0, 0.05) is 23.2 Å². The zero-order valence-corrected chi connectivity index (χ0v) is 8.99. The molecule has 1 aliphatic carbocycles. The Morgan fingerprint density at radius 2 is 2.12 bits per heavy atom. The van der Waals surface area contributed by atoms with Gasteiger partial charge >= 0.3 is 0 Å². The molecular formula is C13H15FN2. The number of rotatable bonds is 2. The van der Waals surface area contributed by atoms with Crippen LogP contribution < -0.4 is 11.5 Å². The molecule has 2 nitrogen and oxygen atoms in total. The summed E-state index contributed by atoms with van der Waals surface area (Å²) in [5, 5.41) is 0. The molecule has 1 aromatic carbocycles. The zero-order chi connectivity index (χ0) is 11.6. The number of nitrogen functional groups attached to an aromatic ring is 1. The Hall–Kier alpha value is -1.61. The second-order valence-corrected chi connectivity index (χ2v) is 4.06. The van der Waals surface area contributed by atoms with E-state index in [2.05, 4.69) is 0 Å². The van der Waals surface area contributed by atoms with Gasteiger partial charge in [0.2, 0.25) is 0 Å². The molecular weight excluding hydrogens is 203 g/mol. The normalized spacial score (nSPS) is 23.6. The van der Waals surface area contributed by atoms with E-state index in [-0.39, 0.29) is 5.82 Å². The highest BCUT2D eigenvalue weighted by atomic mass is 19.1. The number of benzene rings is 1. The third-order valence-electron chi connectivity index (χ3n) is 3.05. The first-order valence-corrected chi connectivity index (χ1v) is 5.28. The minimum atomic E-state index is -0.496. The minimum Gasteiger partial charge on any atom is -0.398 e. The van der Waals surface area contributed by atoms with Gasteiger partial charge in [-0.05, 0) is 18.6 Å². The molecule has 0 bridgehead atoms. The highest BCUT2D eigenvalue weighted by molar-refractivity contribution is 5.55. The lowest BCUT2D eigenvalue weighted by Crippen LogP contribution is -2.35. The van der Waals surface area contributed by atoms with Crippen molar-refractivity contribution >= 4 is 5.69 Å². The first kappa shape index (κ1) is 10.9. The van der Waals surface area contributed by atoms with Gasteiger partial charge in [0.15, 0.2) is 0 Å². The van der Waals surface area contributed by atoms with Crippen LogP contribution in [0.25, 0.3) is 0 Å². The zero-order valence-electron chi connectivity index (χ0n) is 8.99. The standard InChI is InChI=1S/C13H15FN2/c14-10-5-4-6-11(16)12(10)13(9-15)7-2-1-3-8-13/h1-7H,8-9,15-16H2. The predicted molar refractivity (Wildman–Crippen MR) is 64.4 cm³/mol. The molecule has 4 N–H and O–H groups in total. The van der Waals surface area contributed by atoms with Gasteiger partial charge < -0.3 is 11.5 Å². The maximum Gasteiger partial charge on any atom is 0.129 e. The minimum absolute atomic E-state index is 0.287. The molecule has 16 heavy (non-hydrogen) atoms. The lowest BCUT2D eigenvalue weighted by atomic mass is 9.74. The second-order valence-electron chi connectivity index (χ2n) is 4.06. The molecule has 0 saturated heterocycles. The quantitative estimate of drug-likeness (QED) is 0.747. The van der Waals surface area contributed by atoms with E-state index in [1.54, 1.807) is 12.1 Å². The number of nitrogens with two attached hydrogens (primary N) is 2. The molecule has 0 amide bonds. The molecule has 0 aromatic heterocycles. The first-order valence-electron chi connectivity index (χ1n) is 5.28. The lowest BCUT2D eigenvalue weighted by molar-refractivity contribution is 0.504. The van der Waals surface area contributed by atoms with E-state index < -0.39 is 5.41 Å². The number of anilines is 1. The van der Waals surface area contributed by atoms with E-state index in [1.165, 1.54) is 6.07 Å². The molecule has 1 unspecified atom stereocenters. The van der Waals surface area contributed by atoms with E-state index in [0.717, 1.165) is 0 Å². The van der Waals surface area contributed by atoms with Crippen molar-refractivity contribution < 1.29 is 4.39 Å². The summed E-state index contributed by atoms with van der Waals surface area (Å²) in [5.41, 5.74) is 12.1. The van der Waals surface area contributed by atoms with Gasteiger partial charge in [-0.3, -0.25) is 0 Å². The predicted octanol–water partition coefficient (Wildman–Crippen LogP) is 2.12. The molecule has 0 spiro atoms. The Labute approximate surface area is 94.4 Å². The number of halogens is 1. The van der Waals surface area contributed by atoms with Crippen molar-refractivity contribution in [2.45, 2.75) is 11.8 Å². The Balaban J connectivity index is 2.57. The van der Waals surface area contributed by atoms with Crippen LogP contribution >= 0.6 is 0 Å². The fourth-order valence-electron chi connectivity index (χ4n) is 2.17.